The minimum atomic E-state index is -0.301. The Morgan fingerprint density at radius 1 is 1.43 bits per heavy atom. The van der Waals surface area contributed by atoms with Gasteiger partial charge in [0.15, 0.2) is 6.39 Å². The molecule has 0 radical (unpaired) electrons. The number of benzene rings is 1. The van der Waals surface area contributed by atoms with E-state index in [1.54, 1.807) is 19.1 Å². The lowest BCUT2D eigenvalue weighted by Crippen LogP contribution is -2.28. The van der Waals surface area contributed by atoms with E-state index in [2.05, 4.69) is 15.6 Å². The Kier molecular flexibility index (Phi) is 5.20. The molecule has 6 heteroatoms. The van der Waals surface area contributed by atoms with Crippen LogP contribution in [0.15, 0.2) is 35.1 Å². The van der Waals surface area contributed by atoms with Gasteiger partial charge in [-0.15, -0.1) is 0 Å². The monoisotopic (exact) mass is 289 g/mol. The fourth-order valence-corrected chi connectivity index (χ4v) is 1.72. The molecule has 0 aliphatic rings. The third-order valence-corrected chi connectivity index (χ3v) is 2.83. The van der Waals surface area contributed by atoms with Crippen molar-refractivity contribution in [2.45, 2.75) is 26.8 Å². The van der Waals surface area contributed by atoms with E-state index in [9.17, 15) is 4.79 Å². The Morgan fingerprint density at radius 2 is 2.29 bits per heavy atom. The second-order valence-corrected chi connectivity index (χ2v) is 4.54. The van der Waals surface area contributed by atoms with Gasteiger partial charge in [0.2, 0.25) is 0 Å². The highest BCUT2D eigenvalue weighted by molar-refractivity contribution is 5.89. The number of oxazole rings is 1. The minimum Gasteiger partial charge on any atom is -0.494 e. The fraction of sp³-hybridized carbons (Fsp3) is 0.333. The Balaban J connectivity index is 1.86. The summed E-state index contributed by atoms with van der Waals surface area (Å²) in [6.45, 7) is 4.82. The lowest BCUT2D eigenvalue weighted by molar-refractivity contribution is 0.251. The zero-order valence-electron chi connectivity index (χ0n) is 12.2. The number of anilines is 1. The van der Waals surface area contributed by atoms with Gasteiger partial charge in [-0.05, 0) is 25.5 Å². The summed E-state index contributed by atoms with van der Waals surface area (Å²) in [5.41, 5.74) is 1.39. The number of nitrogens with zero attached hydrogens (tertiary/aromatic N) is 1. The number of amides is 2. The molecule has 6 nitrogen and oxygen atoms in total. The largest absolute Gasteiger partial charge is 0.494 e. The van der Waals surface area contributed by atoms with Gasteiger partial charge in [0.1, 0.15) is 17.2 Å². The zero-order valence-corrected chi connectivity index (χ0v) is 12.2. The highest BCUT2D eigenvalue weighted by Gasteiger charge is 2.06. The molecular formula is C15H19N3O3. The number of hydrogen-bond acceptors (Lipinski definition) is 4. The highest BCUT2D eigenvalue weighted by Crippen LogP contribution is 2.17. The first-order chi connectivity index (χ1) is 10.2. The standard InChI is InChI=1S/C15H19N3O3/c1-3-7-20-13-6-4-5-12(8-13)18-15(19)16-9-14-11(2)21-10-17-14/h4-6,8,10H,3,7,9H2,1-2H3,(H2,16,18,19). The molecule has 21 heavy (non-hydrogen) atoms. The summed E-state index contributed by atoms with van der Waals surface area (Å²) < 4.78 is 10.6. The van der Waals surface area contributed by atoms with Gasteiger partial charge in [-0.1, -0.05) is 13.0 Å². The summed E-state index contributed by atoms with van der Waals surface area (Å²) in [7, 11) is 0. The Hall–Kier alpha value is -2.50. The lowest BCUT2D eigenvalue weighted by Gasteiger charge is -2.09. The van der Waals surface area contributed by atoms with Crippen LogP contribution in [-0.2, 0) is 6.54 Å². The molecule has 112 valence electrons. The summed E-state index contributed by atoms with van der Waals surface area (Å²) in [5, 5.41) is 5.48. The van der Waals surface area contributed by atoms with E-state index < -0.39 is 0 Å². The first-order valence-corrected chi connectivity index (χ1v) is 6.85. The van der Waals surface area contributed by atoms with E-state index in [-0.39, 0.29) is 6.03 Å². The minimum absolute atomic E-state index is 0.301. The molecule has 0 unspecified atom stereocenters. The van der Waals surface area contributed by atoms with E-state index >= 15 is 0 Å². The molecular weight excluding hydrogens is 270 g/mol. The van der Waals surface area contributed by atoms with Crippen LogP contribution in [0.4, 0.5) is 10.5 Å². The third kappa shape index (κ3) is 4.52. The number of rotatable bonds is 6. The van der Waals surface area contributed by atoms with Crippen LogP contribution in [0, 0.1) is 6.92 Å². The predicted molar refractivity (Wildman–Crippen MR) is 79.3 cm³/mol. The Morgan fingerprint density at radius 3 is 3.00 bits per heavy atom. The van der Waals surface area contributed by atoms with Crippen LogP contribution in [0.5, 0.6) is 5.75 Å². The first kappa shape index (κ1) is 14.9. The molecule has 1 aromatic carbocycles. The van der Waals surface area contributed by atoms with Crippen LogP contribution < -0.4 is 15.4 Å². The van der Waals surface area contributed by atoms with Crippen LogP contribution >= 0.6 is 0 Å². The molecule has 0 saturated carbocycles. The molecule has 2 rings (SSSR count). The molecule has 2 amide bonds. The summed E-state index contributed by atoms with van der Waals surface area (Å²) in [5.74, 6) is 1.44. The molecule has 0 aliphatic carbocycles. The molecule has 0 fully saturated rings. The highest BCUT2D eigenvalue weighted by atomic mass is 16.5. The maximum absolute atomic E-state index is 11.8. The second kappa shape index (κ2) is 7.33. The van der Waals surface area contributed by atoms with Gasteiger partial charge in [0.25, 0.3) is 0 Å². The van der Waals surface area contributed by atoms with Crippen molar-refractivity contribution in [2.24, 2.45) is 0 Å². The number of ether oxygens (including phenoxy) is 1. The van der Waals surface area contributed by atoms with E-state index in [0.717, 1.165) is 12.2 Å². The summed E-state index contributed by atoms with van der Waals surface area (Å²) in [6.07, 6.45) is 2.30. The van der Waals surface area contributed by atoms with Crippen LogP contribution in [-0.4, -0.2) is 17.6 Å². The predicted octanol–water partition coefficient (Wildman–Crippen LogP) is 3.09. The fourth-order valence-electron chi connectivity index (χ4n) is 1.72. The number of hydrogen-bond donors (Lipinski definition) is 2. The molecule has 1 heterocycles. The lowest BCUT2D eigenvalue weighted by atomic mass is 10.3. The van der Waals surface area contributed by atoms with Gasteiger partial charge in [-0.25, -0.2) is 9.78 Å². The molecule has 0 atom stereocenters. The normalized spacial score (nSPS) is 10.2. The van der Waals surface area contributed by atoms with Gasteiger partial charge < -0.3 is 19.8 Å². The van der Waals surface area contributed by atoms with Crippen LogP contribution in [0.3, 0.4) is 0 Å². The van der Waals surface area contributed by atoms with Crippen molar-refractivity contribution in [1.82, 2.24) is 10.3 Å². The summed E-state index contributed by atoms with van der Waals surface area (Å²) in [6, 6.07) is 6.99. The van der Waals surface area contributed by atoms with E-state index in [0.29, 0.717) is 30.3 Å². The average Bonchev–Trinajstić information content (AvgIpc) is 2.89. The van der Waals surface area contributed by atoms with Crippen molar-refractivity contribution in [3.05, 3.63) is 42.1 Å². The SMILES string of the molecule is CCCOc1cccc(NC(=O)NCc2ncoc2C)c1. The van der Waals surface area contributed by atoms with Gasteiger partial charge >= 0.3 is 6.03 Å². The van der Waals surface area contributed by atoms with Gasteiger partial charge in [-0.2, -0.15) is 0 Å². The number of nitrogens with one attached hydrogen (secondary N) is 2. The molecule has 2 aromatic rings. The maximum Gasteiger partial charge on any atom is 0.319 e. The molecule has 0 saturated heterocycles. The summed E-state index contributed by atoms with van der Waals surface area (Å²) >= 11 is 0. The van der Waals surface area contributed by atoms with Crippen LogP contribution in [0.2, 0.25) is 0 Å². The topological polar surface area (TPSA) is 76.4 Å². The molecule has 1 aromatic heterocycles. The smallest absolute Gasteiger partial charge is 0.319 e. The Bertz CT molecular complexity index is 595. The zero-order chi connectivity index (χ0) is 15.1. The van der Waals surface area contributed by atoms with Crippen molar-refractivity contribution >= 4 is 11.7 Å². The van der Waals surface area contributed by atoms with Crippen molar-refractivity contribution < 1.29 is 13.9 Å². The van der Waals surface area contributed by atoms with Crippen molar-refractivity contribution in [3.8, 4) is 5.75 Å². The van der Waals surface area contributed by atoms with E-state index in [4.69, 9.17) is 9.15 Å². The quantitative estimate of drug-likeness (QED) is 0.856. The summed E-state index contributed by atoms with van der Waals surface area (Å²) in [4.78, 5) is 15.8. The molecule has 2 N–H and O–H groups in total. The average molecular weight is 289 g/mol. The number of aryl methyl sites for hydroxylation is 1. The molecule has 0 bridgehead atoms. The third-order valence-electron chi connectivity index (χ3n) is 2.83. The number of urea groups is 1. The number of aromatic nitrogens is 1. The van der Waals surface area contributed by atoms with E-state index in [1.165, 1.54) is 6.39 Å². The van der Waals surface area contributed by atoms with Gasteiger partial charge in [0, 0.05) is 11.8 Å². The van der Waals surface area contributed by atoms with Gasteiger partial charge in [0.05, 0.1) is 13.2 Å². The number of carbonyl (C=O) groups excluding carboxylic acids is 1. The van der Waals surface area contributed by atoms with Crippen LogP contribution in [0.1, 0.15) is 24.8 Å². The van der Waals surface area contributed by atoms with Crippen molar-refractivity contribution in [1.29, 1.82) is 0 Å². The Labute approximate surface area is 123 Å². The van der Waals surface area contributed by atoms with Crippen molar-refractivity contribution in [2.75, 3.05) is 11.9 Å². The van der Waals surface area contributed by atoms with Gasteiger partial charge in [-0.3, -0.25) is 0 Å². The molecule has 0 spiro atoms. The second-order valence-electron chi connectivity index (χ2n) is 4.54. The first-order valence-electron chi connectivity index (χ1n) is 6.85. The van der Waals surface area contributed by atoms with Crippen molar-refractivity contribution in [3.63, 3.8) is 0 Å². The maximum atomic E-state index is 11.8. The number of carbonyl (C=O) groups is 1. The van der Waals surface area contributed by atoms with E-state index in [1.807, 2.05) is 19.1 Å². The van der Waals surface area contributed by atoms with Crippen LogP contribution in [0.25, 0.3) is 0 Å². The molecule has 0 aliphatic heterocycles.